The maximum Gasteiger partial charge on any atom is 0.317 e. The molecule has 0 aromatic carbocycles. The Labute approximate surface area is 167 Å². The molecule has 2 N–H and O–H groups in total. The lowest BCUT2D eigenvalue weighted by Crippen LogP contribution is -2.67. The Hall–Kier alpha value is -2.64. The van der Waals surface area contributed by atoms with Crippen molar-refractivity contribution < 1.29 is 23.9 Å². The van der Waals surface area contributed by atoms with E-state index in [0.717, 1.165) is 19.3 Å². The minimum absolute atomic E-state index is 0.0370. The van der Waals surface area contributed by atoms with Gasteiger partial charge in [-0.15, -0.1) is 0 Å². The highest BCUT2D eigenvalue weighted by Gasteiger charge is 2.61. The lowest BCUT2D eigenvalue weighted by atomic mass is 9.51. The smallest absolute Gasteiger partial charge is 0.317 e. The van der Waals surface area contributed by atoms with Gasteiger partial charge in [-0.1, -0.05) is 11.2 Å². The molecule has 0 spiro atoms. The molecule has 0 heterocycles. The molecule has 3 fully saturated rings. The molecule has 0 amide bonds. The zero-order chi connectivity index (χ0) is 20.6. The fourth-order valence-corrected chi connectivity index (χ4v) is 6.13. The summed E-state index contributed by atoms with van der Waals surface area (Å²) in [7, 11) is 0. The molecule has 9 nitrogen and oxygen atoms in total. The van der Waals surface area contributed by atoms with Gasteiger partial charge < -0.3 is 15.2 Å². The van der Waals surface area contributed by atoms with E-state index in [0.29, 0.717) is 25.1 Å². The van der Waals surface area contributed by atoms with Crippen LogP contribution in [0.1, 0.15) is 32.1 Å². The summed E-state index contributed by atoms with van der Waals surface area (Å²) in [6.45, 7) is 0.0937. The fraction of sp³-hybridized carbons (Fsp3) is 0.650. The summed E-state index contributed by atoms with van der Waals surface area (Å²) in [6, 6.07) is 0. The number of ketones is 1. The van der Waals surface area contributed by atoms with E-state index < -0.39 is 17.6 Å². The van der Waals surface area contributed by atoms with Gasteiger partial charge in [0.15, 0.2) is 0 Å². The van der Waals surface area contributed by atoms with E-state index in [1.807, 2.05) is 12.2 Å². The number of rotatable bonds is 5. The third-order valence-corrected chi connectivity index (χ3v) is 7.20. The average Bonchev–Trinajstić information content (AvgIpc) is 3.08. The molecule has 9 heteroatoms. The molecule has 3 saturated carbocycles. The van der Waals surface area contributed by atoms with Gasteiger partial charge in [0.1, 0.15) is 24.2 Å². The molecule has 4 aliphatic rings. The predicted molar refractivity (Wildman–Crippen MR) is 101 cm³/mol. The number of carbonyl (C=O) groups is 3. The molecule has 0 aromatic heterocycles. The van der Waals surface area contributed by atoms with E-state index in [1.165, 1.54) is 0 Å². The van der Waals surface area contributed by atoms with Crippen molar-refractivity contribution in [2.75, 3.05) is 6.54 Å². The third kappa shape index (κ3) is 3.34. The first-order chi connectivity index (χ1) is 14.0. The largest absolute Gasteiger partial charge is 0.464 e. The van der Waals surface area contributed by atoms with Crippen LogP contribution in [0.2, 0.25) is 0 Å². The number of nitrogens with two attached hydrogens (primary N) is 1. The lowest BCUT2D eigenvalue weighted by Gasteiger charge is -2.57. The first kappa shape index (κ1) is 19.7. The molecule has 4 rings (SSSR count). The second kappa shape index (κ2) is 7.65. The van der Waals surface area contributed by atoms with E-state index in [4.69, 9.17) is 20.7 Å². The summed E-state index contributed by atoms with van der Waals surface area (Å²) >= 11 is 0. The SMILES string of the molecule is [N-]=[N+]=NCC(=O)OC1=CC2CC[C@@]3(N)C4CCC(=O)C4C[C@@H](OC=O)C3C2C=C1. The highest BCUT2D eigenvalue weighted by Crippen LogP contribution is 2.57. The molecule has 7 atom stereocenters. The van der Waals surface area contributed by atoms with E-state index in [1.54, 1.807) is 6.08 Å². The number of esters is 1. The normalized spacial score (nSPS) is 39.9. The third-order valence-electron chi connectivity index (χ3n) is 7.20. The summed E-state index contributed by atoms with van der Waals surface area (Å²) in [6.07, 6.45) is 8.59. The molecule has 29 heavy (non-hydrogen) atoms. The zero-order valence-electron chi connectivity index (χ0n) is 16.0. The molecular formula is C20H24N4O5. The van der Waals surface area contributed by atoms with Gasteiger partial charge >= 0.3 is 5.97 Å². The molecule has 0 saturated heterocycles. The van der Waals surface area contributed by atoms with Gasteiger partial charge in [-0.25, -0.2) is 0 Å². The Balaban J connectivity index is 1.58. The molecule has 154 valence electrons. The van der Waals surface area contributed by atoms with Crippen LogP contribution < -0.4 is 5.73 Å². The maximum atomic E-state index is 12.4. The van der Waals surface area contributed by atoms with E-state index in [2.05, 4.69) is 10.0 Å². The molecule has 0 radical (unpaired) electrons. The number of carbonyl (C=O) groups excluding carboxylic acids is 3. The topological polar surface area (TPSA) is 144 Å². The maximum absolute atomic E-state index is 12.4. The summed E-state index contributed by atoms with van der Waals surface area (Å²) < 4.78 is 10.7. The van der Waals surface area contributed by atoms with Crippen LogP contribution in [0.5, 0.6) is 0 Å². The number of nitrogens with zero attached hydrogens (tertiary/aromatic N) is 3. The van der Waals surface area contributed by atoms with Crippen molar-refractivity contribution in [3.63, 3.8) is 0 Å². The standard InChI is InChI=1S/C20H24N4O5/c21-20-6-5-11-7-12(29-18(27)9-23-24-22)1-2-13(11)19(20)17(28-10-25)8-14-15(20)3-4-16(14)26/h1-2,7,10-11,13-15,17,19H,3-6,8-9,21H2/t11?,13?,14?,15?,17-,19?,20-/m1/s1. The lowest BCUT2D eigenvalue weighted by molar-refractivity contribution is -0.154. The highest BCUT2D eigenvalue weighted by molar-refractivity contribution is 5.84. The second-order valence-electron chi connectivity index (χ2n) is 8.43. The van der Waals surface area contributed by atoms with Crippen molar-refractivity contribution >= 4 is 18.2 Å². The predicted octanol–water partition coefficient (Wildman–Crippen LogP) is 2.17. The van der Waals surface area contributed by atoms with Gasteiger partial charge in [0, 0.05) is 28.7 Å². The molecule has 0 bridgehead atoms. The van der Waals surface area contributed by atoms with Crippen LogP contribution in [-0.2, 0) is 23.9 Å². The van der Waals surface area contributed by atoms with Crippen molar-refractivity contribution in [2.24, 2.45) is 40.4 Å². The Morgan fingerprint density at radius 2 is 2.28 bits per heavy atom. The highest BCUT2D eigenvalue weighted by atomic mass is 16.5. The van der Waals surface area contributed by atoms with Gasteiger partial charge in [-0.2, -0.15) is 0 Å². The van der Waals surface area contributed by atoms with Gasteiger partial charge in [-0.3, -0.25) is 14.4 Å². The number of allylic oxidation sites excluding steroid dienone is 3. The van der Waals surface area contributed by atoms with Crippen LogP contribution in [0, 0.1) is 29.6 Å². The summed E-state index contributed by atoms with van der Waals surface area (Å²) in [5.41, 5.74) is 14.7. The Morgan fingerprint density at radius 1 is 1.45 bits per heavy atom. The minimum atomic E-state index is -0.617. The fourth-order valence-electron chi connectivity index (χ4n) is 6.13. The Kier molecular flexibility index (Phi) is 5.19. The van der Waals surface area contributed by atoms with E-state index >= 15 is 0 Å². The van der Waals surface area contributed by atoms with Crippen molar-refractivity contribution in [3.05, 3.63) is 34.4 Å². The van der Waals surface area contributed by atoms with Gasteiger partial charge in [0.2, 0.25) is 0 Å². The van der Waals surface area contributed by atoms with Gasteiger partial charge in [-0.05, 0) is 61.1 Å². The van der Waals surface area contributed by atoms with Crippen LogP contribution in [0.15, 0.2) is 29.1 Å². The number of ether oxygens (including phenoxy) is 2. The summed E-state index contributed by atoms with van der Waals surface area (Å²) in [4.78, 5) is 37.8. The quantitative estimate of drug-likeness (QED) is 0.246. The number of azide groups is 1. The van der Waals surface area contributed by atoms with Gasteiger partial charge in [0.25, 0.3) is 6.47 Å². The number of hydrogen-bond acceptors (Lipinski definition) is 7. The monoisotopic (exact) mass is 400 g/mol. The van der Waals surface area contributed by atoms with Crippen molar-refractivity contribution in [1.82, 2.24) is 0 Å². The second-order valence-corrected chi connectivity index (χ2v) is 8.43. The summed E-state index contributed by atoms with van der Waals surface area (Å²) in [5, 5.41) is 3.21. The molecular weight excluding hydrogens is 376 g/mol. The van der Waals surface area contributed by atoms with Crippen molar-refractivity contribution in [3.8, 4) is 0 Å². The number of Topliss-reactive ketones (excluding diaryl/α,β-unsaturated/α-hetero) is 1. The number of fused-ring (bicyclic) bond motifs is 5. The van der Waals surface area contributed by atoms with Crippen molar-refractivity contribution in [2.45, 2.75) is 43.7 Å². The molecule has 5 unspecified atom stereocenters. The van der Waals surface area contributed by atoms with Gasteiger partial charge in [0.05, 0.1) is 0 Å². The van der Waals surface area contributed by atoms with E-state index in [-0.39, 0.29) is 41.9 Å². The van der Waals surface area contributed by atoms with Crippen LogP contribution >= 0.6 is 0 Å². The minimum Gasteiger partial charge on any atom is -0.464 e. The summed E-state index contributed by atoms with van der Waals surface area (Å²) in [5.74, 6) is 0.0655. The van der Waals surface area contributed by atoms with Crippen LogP contribution in [0.4, 0.5) is 0 Å². The first-order valence-corrected chi connectivity index (χ1v) is 10.00. The van der Waals surface area contributed by atoms with Crippen LogP contribution in [0.25, 0.3) is 10.4 Å². The average molecular weight is 400 g/mol. The zero-order valence-corrected chi connectivity index (χ0v) is 16.0. The molecule has 0 aliphatic heterocycles. The number of hydrogen-bond donors (Lipinski definition) is 1. The molecule has 0 aromatic rings. The molecule has 4 aliphatic carbocycles. The van der Waals surface area contributed by atoms with E-state index in [9.17, 15) is 14.4 Å². The van der Waals surface area contributed by atoms with Crippen LogP contribution in [-0.4, -0.2) is 36.4 Å². The van der Waals surface area contributed by atoms with Crippen LogP contribution in [0.3, 0.4) is 0 Å². The first-order valence-electron chi connectivity index (χ1n) is 10.00. The Morgan fingerprint density at radius 3 is 3.03 bits per heavy atom. The Bertz CT molecular complexity index is 833. The van der Waals surface area contributed by atoms with Crippen molar-refractivity contribution in [1.29, 1.82) is 0 Å².